The number of aliphatic hydroxyl groups is 8. The van der Waals surface area contributed by atoms with Gasteiger partial charge in [0.1, 0.15) is 48.8 Å². The highest BCUT2D eigenvalue weighted by Gasteiger charge is 2.51. The van der Waals surface area contributed by atoms with E-state index in [1.165, 1.54) is 244 Å². The average Bonchev–Trinajstić information content (AvgIpc) is 3.46. The van der Waals surface area contributed by atoms with Crippen molar-refractivity contribution < 1.29 is 64.6 Å². The molecule has 2 rings (SSSR count). The van der Waals surface area contributed by atoms with Gasteiger partial charge >= 0.3 is 0 Å². The Balaban J connectivity index is 1.64. The van der Waals surface area contributed by atoms with E-state index < -0.39 is 86.8 Å². The molecule has 2 aliphatic heterocycles. The third-order valence-corrected chi connectivity index (χ3v) is 17.0. The summed E-state index contributed by atoms with van der Waals surface area (Å²) in [4.78, 5) is 13.3. The van der Waals surface area contributed by atoms with Gasteiger partial charge in [-0.2, -0.15) is 0 Å². The van der Waals surface area contributed by atoms with Crippen molar-refractivity contribution in [2.24, 2.45) is 0 Å². The fourth-order valence-corrected chi connectivity index (χ4v) is 11.5. The van der Waals surface area contributed by atoms with Gasteiger partial charge in [-0.1, -0.05) is 296 Å². The summed E-state index contributed by atoms with van der Waals surface area (Å²) in [6.45, 7) is 2.84. The summed E-state index contributed by atoms with van der Waals surface area (Å²) in [5.41, 5.74) is 0. The number of hydrogen-bond acceptors (Lipinski definition) is 13. The number of hydrogen-bond donors (Lipinski definition) is 9. The van der Waals surface area contributed by atoms with Crippen LogP contribution < -0.4 is 5.32 Å². The van der Waals surface area contributed by atoms with Crippen molar-refractivity contribution >= 4 is 5.91 Å². The maximum Gasteiger partial charge on any atom is 0.220 e. The fraction of sp³-hybridized carbons (Fsp3) is 0.955. The Labute approximate surface area is 488 Å². The molecule has 12 atom stereocenters. The molecule has 14 nitrogen and oxygen atoms in total. The summed E-state index contributed by atoms with van der Waals surface area (Å²) in [6.07, 6.45) is 45.7. The standard InChI is InChI=1S/C66H127NO13/c1-3-5-7-9-11-13-15-17-19-20-21-22-23-24-25-26-27-28-29-30-31-32-33-34-35-36-37-39-41-43-45-47-49-55(70)54(67-58(71)50-48-46-44-42-40-38-18-16-14-12-10-8-6-4-2)53-77-65-63(76)61(74)64(57(52-69)79-65)80-66-62(75)60(73)59(72)56(51-68)78-66/h47,49,54-57,59-66,68-70,72-76H,3-46,48,50-53H2,1-2H3,(H,67,71)/b49-47+. The van der Waals surface area contributed by atoms with Crippen molar-refractivity contribution in [2.45, 2.75) is 383 Å². The van der Waals surface area contributed by atoms with Crippen molar-refractivity contribution in [2.75, 3.05) is 19.8 Å². The minimum atomic E-state index is -1.79. The number of rotatable bonds is 56. The lowest BCUT2D eigenvalue weighted by Gasteiger charge is -2.46. The normalized spacial score (nSPS) is 24.2. The number of unbranched alkanes of at least 4 members (excludes halogenated alkanes) is 43. The molecule has 0 saturated carbocycles. The second-order valence-electron chi connectivity index (χ2n) is 24.3. The molecule has 1 amide bonds. The molecule has 14 heteroatoms. The number of carbonyl (C=O) groups excluding carboxylic acids is 1. The van der Waals surface area contributed by atoms with Crippen molar-refractivity contribution in [1.82, 2.24) is 5.32 Å². The minimum Gasteiger partial charge on any atom is -0.394 e. The number of aliphatic hydroxyl groups excluding tert-OH is 8. The number of amides is 1. The Morgan fingerprint density at radius 2 is 0.775 bits per heavy atom. The van der Waals surface area contributed by atoms with Crippen LogP contribution in [0.2, 0.25) is 0 Å². The number of ether oxygens (including phenoxy) is 4. The van der Waals surface area contributed by atoms with E-state index in [4.69, 9.17) is 18.9 Å². The van der Waals surface area contributed by atoms with Gasteiger partial charge in [-0.3, -0.25) is 4.79 Å². The zero-order chi connectivity index (χ0) is 58.1. The predicted molar refractivity (Wildman–Crippen MR) is 323 cm³/mol. The van der Waals surface area contributed by atoms with Crippen molar-refractivity contribution in [3.05, 3.63) is 12.2 Å². The van der Waals surface area contributed by atoms with E-state index in [1.54, 1.807) is 6.08 Å². The zero-order valence-electron chi connectivity index (χ0n) is 51.4. The molecule has 0 aromatic heterocycles. The fourth-order valence-electron chi connectivity index (χ4n) is 11.5. The van der Waals surface area contributed by atoms with Gasteiger partial charge in [0.25, 0.3) is 0 Å². The maximum absolute atomic E-state index is 13.3. The first-order valence-electron chi connectivity index (χ1n) is 33.9. The largest absolute Gasteiger partial charge is 0.394 e. The Hall–Kier alpha value is -1.27. The molecular formula is C66H127NO13. The third-order valence-electron chi connectivity index (χ3n) is 17.0. The molecule has 12 unspecified atom stereocenters. The summed E-state index contributed by atoms with van der Waals surface area (Å²) in [5, 5.41) is 87.2. The van der Waals surface area contributed by atoms with Gasteiger partial charge in [-0.15, -0.1) is 0 Å². The van der Waals surface area contributed by atoms with Crippen LogP contribution in [0, 0.1) is 0 Å². The molecule has 0 aromatic carbocycles. The summed E-state index contributed by atoms with van der Waals surface area (Å²) < 4.78 is 22.8. The van der Waals surface area contributed by atoms with Crippen LogP contribution in [0.4, 0.5) is 0 Å². The second-order valence-corrected chi connectivity index (χ2v) is 24.3. The van der Waals surface area contributed by atoms with Crippen molar-refractivity contribution in [3.8, 4) is 0 Å². The molecule has 0 aromatic rings. The second kappa shape index (κ2) is 52.1. The molecule has 0 aliphatic carbocycles. The molecule has 0 bridgehead atoms. The van der Waals surface area contributed by atoms with Crippen LogP contribution >= 0.6 is 0 Å². The van der Waals surface area contributed by atoms with Gasteiger partial charge in [0.15, 0.2) is 12.6 Å². The smallest absolute Gasteiger partial charge is 0.220 e. The number of carbonyl (C=O) groups is 1. The maximum atomic E-state index is 13.3. The Bertz CT molecular complexity index is 1390. The Morgan fingerprint density at radius 3 is 1.15 bits per heavy atom. The molecule has 0 radical (unpaired) electrons. The lowest BCUT2D eigenvalue weighted by molar-refractivity contribution is -0.359. The molecule has 2 heterocycles. The van der Waals surface area contributed by atoms with Crippen molar-refractivity contribution in [1.29, 1.82) is 0 Å². The highest BCUT2D eigenvalue weighted by atomic mass is 16.7. The average molecular weight is 1140 g/mol. The highest BCUT2D eigenvalue weighted by Crippen LogP contribution is 2.30. The summed E-state index contributed by atoms with van der Waals surface area (Å²) >= 11 is 0. The SMILES string of the molecule is CCCCCCCCCCCCCCCCCCCCCCCCCCCCCCCC/C=C/C(O)C(COC1OC(CO)C(OC2OC(CO)C(O)C(O)C2O)C(O)C1O)NC(=O)CCCCCCCCCCCCCCCC. The zero-order valence-corrected chi connectivity index (χ0v) is 51.4. The number of nitrogens with one attached hydrogen (secondary N) is 1. The summed E-state index contributed by atoms with van der Waals surface area (Å²) in [7, 11) is 0. The van der Waals surface area contributed by atoms with Crippen LogP contribution in [0.1, 0.15) is 309 Å². The van der Waals surface area contributed by atoms with E-state index in [-0.39, 0.29) is 18.9 Å². The summed E-state index contributed by atoms with van der Waals surface area (Å²) in [5.74, 6) is -0.234. The van der Waals surface area contributed by atoms with Gasteiger partial charge in [0, 0.05) is 6.42 Å². The topological polar surface area (TPSA) is 228 Å². The molecule has 474 valence electrons. The minimum absolute atomic E-state index is 0.234. The third kappa shape index (κ3) is 36.5. The molecule has 80 heavy (non-hydrogen) atoms. The van der Waals surface area contributed by atoms with Crippen LogP contribution in [-0.2, 0) is 23.7 Å². The van der Waals surface area contributed by atoms with E-state index in [9.17, 15) is 45.6 Å². The van der Waals surface area contributed by atoms with Gasteiger partial charge in [-0.05, 0) is 19.3 Å². The lowest BCUT2D eigenvalue weighted by Crippen LogP contribution is -2.65. The van der Waals surface area contributed by atoms with Gasteiger partial charge in [0.2, 0.25) is 5.91 Å². The van der Waals surface area contributed by atoms with Gasteiger partial charge in [0.05, 0.1) is 32.0 Å². The molecule has 2 fully saturated rings. The van der Waals surface area contributed by atoms with E-state index in [0.717, 1.165) is 38.5 Å². The Morgan fingerprint density at radius 1 is 0.438 bits per heavy atom. The van der Waals surface area contributed by atoms with Crippen molar-refractivity contribution in [3.63, 3.8) is 0 Å². The molecule has 0 spiro atoms. The molecule has 9 N–H and O–H groups in total. The molecule has 2 aliphatic rings. The first-order valence-corrected chi connectivity index (χ1v) is 33.9. The van der Waals surface area contributed by atoms with E-state index in [0.29, 0.717) is 6.42 Å². The first-order chi connectivity index (χ1) is 39.1. The van der Waals surface area contributed by atoms with E-state index in [1.807, 2.05) is 6.08 Å². The van der Waals surface area contributed by atoms with Crippen LogP contribution in [0.5, 0.6) is 0 Å². The van der Waals surface area contributed by atoms with E-state index in [2.05, 4.69) is 19.2 Å². The monoisotopic (exact) mass is 1140 g/mol. The van der Waals surface area contributed by atoms with Gasteiger partial charge in [-0.25, -0.2) is 0 Å². The Kier molecular flexibility index (Phi) is 48.7. The lowest BCUT2D eigenvalue weighted by atomic mass is 9.97. The van der Waals surface area contributed by atoms with Crippen LogP contribution in [0.15, 0.2) is 12.2 Å². The highest BCUT2D eigenvalue weighted by molar-refractivity contribution is 5.76. The predicted octanol–water partition coefficient (Wildman–Crippen LogP) is 13.0. The van der Waals surface area contributed by atoms with Gasteiger partial charge < -0.3 is 65.1 Å². The quantitative estimate of drug-likeness (QED) is 0.0204. The molecular weight excluding hydrogens is 1010 g/mol. The summed E-state index contributed by atoms with van der Waals surface area (Å²) in [6, 6.07) is -0.910. The van der Waals surface area contributed by atoms with Crippen LogP contribution in [0.25, 0.3) is 0 Å². The van der Waals surface area contributed by atoms with E-state index >= 15 is 0 Å². The van der Waals surface area contributed by atoms with Crippen LogP contribution in [-0.4, -0.2) is 140 Å². The number of allylic oxidation sites excluding steroid dienone is 1. The van der Waals surface area contributed by atoms with Crippen LogP contribution in [0.3, 0.4) is 0 Å². The first kappa shape index (κ1) is 74.8. The molecule has 2 saturated heterocycles.